The van der Waals surface area contributed by atoms with E-state index >= 15 is 0 Å². The van der Waals surface area contributed by atoms with Crippen molar-refractivity contribution in [3.63, 3.8) is 0 Å². The minimum Gasteiger partial charge on any atom is -0.351 e. The highest BCUT2D eigenvalue weighted by atomic mass is 32.2. The van der Waals surface area contributed by atoms with Crippen molar-refractivity contribution in [3.05, 3.63) is 35.4 Å². The van der Waals surface area contributed by atoms with E-state index in [-0.39, 0.29) is 0 Å². The van der Waals surface area contributed by atoms with E-state index in [4.69, 9.17) is 5.73 Å². The molecule has 1 heterocycles. The smallest absolute Gasteiger partial charge is 0.318 e. The standard InChI is InChI=1S/C15H17N3O2S/c1-8-4-5-11-9(2)7-13(17-12(11)6-8)21-10(3)14(19)18-15(16)20/h4-7,10H,1-3H3,(H3,16,18,19,20)/t10-/m1/s1. The fraction of sp³-hybridized carbons (Fsp3) is 0.267. The molecule has 3 amide bonds. The molecule has 0 spiro atoms. The topological polar surface area (TPSA) is 85.1 Å². The van der Waals surface area contributed by atoms with Crippen molar-refractivity contribution in [2.24, 2.45) is 5.73 Å². The minimum atomic E-state index is -0.842. The summed E-state index contributed by atoms with van der Waals surface area (Å²) in [7, 11) is 0. The average Bonchev–Trinajstić information content (AvgIpc) is 2.37. The third-order valence-corrected chi connectivity index (χ3v) is 4.08. The zero-order valence-electron chi connectivity index (χ0n) is 12.1. The van der Waals surface area contributed by atoms with E-state index in [1.54, 1.807) is 6.92 Å². The highest BCUT2D eigenvalue weighted by molar-refractivity contribution is 8.00. The number of hydrogen-bond acceptors (Lipinski definition) is 4. The van der Waals surface area contributed by atoms with Crippen molar-refractivity contribution in [1.82, 2.24) is 10.3 Å². The van der Waals surface area contributed by atoms with E-state index in [9.17, 15) is 9.59 Å². The van der Waals surface area contributed by atoms with Gasteiger partial charge in [-0.15, -0.1) is 0 Å². The Morgan fingerprint density at radius 1 is 1.29 bits per heavy atom. The van der Waals surface area contributed by atoms with Gasteiger partial charge in [0.05, 0.1) is 15.8 Å². The van der Waals surface area contributed by atoms with Crippen LogP contribution in [0.3, 0.4) is 0 Å². The monoisotopic (exact) mass is 303 g/mol. The van der Waals surface area contributed by atoms with Gasteiger partial charge in [-0.2, -0.15) is 0 Å². The lowest BCUT2D eigenvalue weighted by Gasteiger charge is -2.11. The lowest BCUT2D eigenvalue weighted by atomic mass is 10.1. The summed E-state index contributed by atoms with van der Waals surface area (Å²) >= 11 is 1.30. The maximum atomic E-state index is 11.7. The maximum absolute atomic E-state index is 11.7. The third-order valence-electron chi connectivity index (χ3n) is 3.06. The van der Waals surface area contributed by atoms with Gasteiger partial charge < -0.3 is 5.73 Å². The zero-order chi connectivity index (χ0) is 15.6. The number of urea groups is 1. The lowest BCUT2D eigenvalue weighted by molar-refractivity contribution is -0.119. The van der Waals surface area contributed by atoms with Crippen molar-refractivity contribution in [2.75, 3.05) is 0 Å². The third kappa shape index (κ3) is 3.72. The van der Waals surface area contributed by atoms with E-state index in [1.807, 2.05) is 38.1 Å². The van der Waals surface area contributed by atoms with E-state index < -0.39 is 17.2 Å². The Balaban J connectivity index is 2.26. The number of imide groups is 1. The number of nitrogens with zero attached hydrogens (tertiary/aromatic N) is 1. The number of thioether (sulfide) groups is 1. The molecule has 6 heteroatoms. The Kier molecular flexibility index (Phi) is 4.47. The van der Waals surface area contributed by atoms with Crippen LogP contribution < -0.4 is 11.1 Å². The second-order valence-electron chi connectivity index (χ2n) is 4.91. The maximum Gasteiger partial charge on any atom is 0.318 e. The first-order chi connectivity index (χ1) is 9.86. The zero-order valence-corrected chi connectivity index (χ0v) is 13.0. The number of primary amides is 1. The number of hydrogen-bond donors (Lipinski definition) is 2. The van der Waals surface area contributed by atoms with Crippen LogP contribution >= 0.6 is 11.8 Å². The summed E-state index contributed by atoms with van der Waals surface area (Å²) in [5, 5.41) is 3.47. The van der Waals surface area contributed by atoms with Gasteiger partial charge in [-0.3, -0.25) is 10.1 Å². The second-order valence-corrected chi connectivity index (χ2v) is 6.27. The summed E-state index contributed by atoms with van der Waals surface area (Å²) in [5.41, 5.74) is 8.08. The first kappa shape index (κ1) is 15.3. The molecule has 3 N–H and O–H groups in total. The normalized spacial score (nSPS) is 12.1. The molecule has 1 aromatic heterocycles. The highest BCUT2D eigenvalue weighted by Crippen LogP contribution is 2.27. The molecule has 0 radical (unpaired) electrons. The SMILES string of the molecule is Cc1ccc2c(C)cc(S[C@H](C)C(=O)NC(N)=O)nc2c1. The highest BCUT2D eigenvalue weighted by Gasteiger charge is 2.17. The summed E-state index contributed by atoms with van der Waals surface area (Å²) in [5.74, 6) is -0.420. The molecular weight excluding hydrogens is 286 g/mol. The number of benzene rings is 1. The number of nitrogens with two attached hydrogens (primary N) is 1. The molecule has 0 aliphatic rings. The van der Waals surface area contributed by atoms with Gasteiger partial charge in [0.25, 0.3) is 0 Å². The van der Waals surface area contributed by atoms with E-state index in [0.717, 1.165) is 27.1 Å². The van der Waals surface area contributed by atoms with Crippen molar-refractivity contribution < 1.29 is 9.59 Å². The summed E-state index contributed by atoms with van der Waals surface area (Å²) in [6.07, 6.45) is 0. The number of carbonyl (C=O) groups is 2. The molecule has 110 valence electrons. The molecule has 0 saturated heterocycles. The molecule has 0 aliphatic carbocycles. The van der Waals surface area contributed by atoms with Crippen LogP contribution in [-0.2, 0) is 4.79 Å². The largest absolute Gasteiger partial charge is 0.351 e. The number of aryl methyl sites for hydroxylation is 2. The van der Waals surface area contributed by atoms with Crippen molar-refractivity contribution in [2.45, 2.75) is 31.0 Å². The van der Waals surface area contributed by atoms with Gasteiger partial charge in [0.1, 0.15) is 0 Å². The molecule has 21 heavy (non-hydrogen) atoms. The van der Waals surface area contributed by atoms with E-state index in [2.05, 4.69) is 10.3 Å². The molecule has 0 fully saturated rings. The molecule has 2 aromatic rings. The molecule has 1 aromatic carbocycles. The van der Waals surface area contributed by atoms with Gasteiger partial charge in [0.2, 0.25) is 5.91 Å². The van der Waals surface area contributed by atoms with Gasteiger partial charge in [-0.25, -0.2) is 9.78 Å². The Bertz CT molecular complexity index is 715. The predicted molar refractivity (Wildman–Crippen MR) is 84.3 cm³/mol. The lowest BCUT2D eigenvalue weighted by Crippen LogP contribution is -2.39. The second kappa shape index (κ2) is 6.13. The molecular formula is C15H17N3O2S. The Labute approximate surface area is 127 Å². The van der Waals surface area contributed by atoms with Crippen LogP contribution in [-0.4, -0.2) is 22.2 Å². The van der Waals surface area contributed by atoms with E-state index in [1.165, 1.54) is 11.8 Å². The van der Waals surface area contributed by atoms with Crippen LogP contribution in [0.4, 0.5) is 4.79 Å². The van der Waals surface area contributed by atoms with Crippen molar-refractivity contribution >= 4 is 34.6 Å². The van der Waals surface area contributed by atoms with E-state index in [0.29, 0.717) is 0 Å². The summed E-state index contributed by atoms with van der Waals surface area (Å²) in [6, 6.07) is 7.21. The Hall–Kier alpha value is -2.08. The molecule has 0 saturated carbocycles. The van der Waals surface area contributed by atoms with Crippen molar-refractivity contribution in [1.29, 1.82) is 0 Å². The van der Waals surface area contributed by atoms with Crippen LogP contribution in [0.1, 0.15) is 18.1 Å². The van der Waals surface area contributed by atoms with Crippen molar-refractivity contribution in [3.8, 4) is 0 Å². The first-order valence-electron chi connectivity index (χ1n) is 6.52. The molecule has 0 aliphatic heterocycles. The molecule has 5 nitrogen and oxygen atoms in total. The summed E-state index contributed by atoms with van der Waals surface area (Å²) < 4.78 is 0. The number of fused-ring (bicyclic) bond motifs is 1. The Morgan fingerprint density at radius 2 is 2.00 bits per heavy atom. The number of pyridine rings is 1. The van der Waals surface area contributed by atoms with Gasteiger partial charge in [0, 0.05) is 5.39 Å². The first-order valence-corrected chi connectivity index (χ1v) is 7.40. The van der Waals surface area contributed by atoms with Gasteiger partial charge >= 0.3 is 6.03 Å². The van der Waals surface area contributed by atoms with Gasteiger partial charge in [-0.05, 0) is 44.0 Å². The fourth-order valence-electron chi connectivity index (χ4n) is 2.00. The quantitative estimate of drug-likeness (QED) is 0.853. The Morgan fingerprint density at radius 3 is 2.67 bits per heavy atom. The van der Waals surface area contributed by atoms with Crippen LogP contribution in [0.2, 0.25) is 0 Å². The number of aromatic nitrogens is 1. The van der Waals surface area contributed by atoms with Gasteiger partial charge in [0.15, 0.2) is 0 Å². The molecule has 0 unspecified atom stereocenters. The summed E-state index contributed by atoms with van der Waals surface area (Å²) in [4.78, 5) is 27.0. The minimum absolute atomic E-state index is 0.420. The fourth-order valence-corrected chi connectivity index (χ4v) is 2.92. The summed E-state index contributed by atoms with van der Waals surface area (Å²) in [6.45, 7) is 5.73. The predicted octanol–water partition coefficient (Wildman–Crippen LogP) is 2.53. The van der Waals surface area contributed by atoms with Crippen LogP contribution in [0.5, 0.6) is 0 Å². The molecule has 2 rings (SSSR count). The number of rotatable bonds is 3. The average molecular weight is 303 g/mol. The molecule has 0 bridgehead atoms. The molecule has 1 atom stereocenters. The number of nitrogens with one attached hydrogen (secondary N) is 1. The number of amides is 3. The van der Waals surface area contributed by atoms with Crippen LogP contribution in [0.25, 0.3) is 10.9 Å². The number of carbonyl (C=O) groups excluding carboxylic acids is 2. The van der Waals surface area contributed by atoms with Gasteiger partial charge in [-0.1, -0.05) is 23.9 Å². The van der Waals surface area contributed by atoms with Crippen LogP contribution in [0, 0.1) is 13.8 Å². The van der Waals surface area contributed by atoms with Crippen LogP contribution in [0.15, 0.2) is 29.3 Å².